The largest absolute Gasteiger partial charge is 0.380 e. The Morgan fingerprint density at radius 2 is 1.89 bits per heavy atom. The summed E-state index contributed by atoms with van der Waals surface area (Å²) in [6.07, 6.45) is 0. The fourth-order valence-electron chi connectivity index (χ4n) is 1.49. The van der Waals surface area contributed by atoms with Gasteiger partial charge in [-0.3, -0.25) is 0 Å². The Balaban J connectivity index is 2.11. The Hall–Kier alpha value is -1.13. The van der Waals surface area contributed by atoms with Gasteiger partial charge < -0.3 is 5.32 Å². The molecule has 0 amide bonds. The topological polar surface area (TPSA) is 12.0 Å². The highest BCUT2D eigenvalue weighted by Gasteiger charge is 2.05. The van der Waals surface area contributed by atoms with E-state index in [9.17, 15) is 8.78 Å². The number of nitrogens with one attached hydrogen (secondary N) is 1. The Bertz CT molecular complexity index is 523. The van der Waals surface area contributed by atoms with Crippen molar-refractivity contribution in [2.24, 2.45) is 0 Å². The van der Waals surface area contributed by atoms with Crippen LogP contribution in [0.1, 0.15) is 5.56 Å². The normalized spacial score (nSPS) is 10.4. The van der Waals surface area contributed by atoms with Crippen LogP contribution in [-0.2, 0) is 6.54 Å². The molecule has 2 aromatic rings. The molecule has 1 N–H and O–H groups in total. The zero-order chi connectivity index (χ0) is 13.1. The van der Waals surface area contributed by atoms with Gasteiger partial charge in [0.2, 0.25) is 0 Å². The van der Waals surface area contributed by atoms with E-state index in [1.54, 1.807) is 12.1 Å². The van der Waals surface area contributed by atoms with Gasteiger partial charge in [0.25, 0.3) is 0 Å². The van der Waals surface area contributed by atoms with E-state index in [-0.39, 0.29) is 6.54 Å². The maximum atomic E-state index is 13.4. The first kappa shape index (κ1) is 13.3. The summed E-state index contributed by atoms with van der Waals surface area (Å²) in [4.78, 5) is 0. The van der Waals surface area contributed by atoms with Gasteiger partial charge in [0.15, 0.2) is 0 Å². The molecule has 2 aromatic carbocycles. The number of benzene rings is 2. The molecule has 94 valence electrons. The van der Waals surface area contributed by atoms with Crippen LogP contribution in [0.2, 0.25) is 5.02 Å². The van der Waals surface area contributed by atoms with Crippen LogP contribution in [0.15, 0.2) is 40.9 Å². The summed E-state index contributed by atoms with van der Waals surface area (Å²) in [5.41, 5.74) is 1.08. The van der Waals surface area contributed by atoms with Crippen LogP contribution < -0.4 is 5.32 Å². The van der Waals surface area contributed by atoms with Crippen LogP contribution in [0.3, 0.4) is 0 Å². The molecule has 0 aliphatic carbocycles. The minimum absolute atomic E-state index is 0.244. The highest BCUT2D eigenvalue weighted by molar-refractivity contribution is 9.10. The molecule has 2 rings (SSSR count). The molecule has 0 bridgehead atoms. The second-order valence-electron chi connectivity index (χ2n) is 3.71. The fourth-order valence-corrected chi connectivity index (χ4v) is 2.23. The standard InChI is InChI=1S/C13H9BrClF2N/c14-9-2-4-13(11(15)5-9)18-7-8-1-3-10(16)6-12(8)17/h1-6,18H,7H2. The van der Waals surface area contributed by atoms with E-state index in [0.29, 0.717) is 16.3 Å². The van der Waals surface area contributed by atoms with E-state index >= 15 is 0 Å². The van der Waals surface area contributed by atoms with Crippen molar-refractivity contribution < 1.29 is 8.78 Å². The van der Waals surface area contributed by atoms with E-state index in [2.05, 4.69) is 21.2 Å². The molecule has 0 saturated heterocycles. The lowest BCUT2D eigenvalue weighted by Gasteiger charge is -2.09. The van der Waals surface area contributed by atoms with E-state index < -0.39 is 11.6 Å². The molecular formula is C13H9BrClF2N. The summed E-state index contributed by atoms with van der Waals surface area (Å²) in [6.45, 7) is 0.244. The lowest BCUT2D eigenvalue weighted by molar-refractivity contribution is 0.574. The van der Waals surface area contributed by atoms with Crippen molar-refractivity contribution in [3.8, 4) is 0 Å². The monoisotopic (exact) mass is 331 g/mol. The first-order valence-electron chi connectivity index (χ1n) is 5.19. The van der Waals surface area contributed by atoms with Crippen molar-refractivity contribution in [1.29, 1.82) is 0 Å². The zero-order valence-electron chi connectivity index (χ0n) is 9.18. The van der Waals surface area contributed by atoms with Gasteiger partial charge in [-0.25, -0.2) is 8.78 Å². The van der Waals surface area contributed by atoms with Gasteiger partial charge in [0.1, 0.15) is 11.6 Å². The average molecular weight is 333 g/mol. The first-order valence-corrected chi connectivity index (χ1v) is 6.36. The smallest absolute Gasteiger partial charge is 0.131 e. The summed E-state index contributed by atoms with van der Waals surface area (Å²) < 4.78 is 27.0. The molecule has 0 fully saturated rings. The molecular weight excluding hydrogens is 324 g/mol. The summed E-state index contributed by atoms with van der Waals surface area (Å²) >= 11 is 9.31. The second kappa shape index (κ2) is 5.67. The Morgan fingerprint density at radius 1 is 1.11 bits per heavy atom. The summed E-state index contributed by atoms with van der Waals surface area (Å²) in [6, 6.07) is 8.85. The quantitative estimate of drug-likeness (QED) is 0.834. The molecule has 0 unspecified atom stereocenters. The highest BCUT2D eigenvalue weighted by Crippen LogP contribution is 2.26. The van der Waals surface area contributed by atoms with Crippen LogP contribution in [-0.4, -0.2) is 0 Å². The Labute approximate surface area is 117 Å². The van der Waals surface area contributed by atoms with Crippen LogP contribution in [0.4, 0.5) is 14.5 Å². The van der Waals surface area contributed by atoms with Crippen molar-refractivity contribution in [3.63, 3.8) is 0 Å². The second-order valence-corrected chi connectivity index (χ2v) is 5.04. The van der Waals surface area contributed by atoms with Crippen molar-refractivity contribution >= 4 is 33.2 Å². The summed E-state index contributed by atoms with van der Waals surface area (Å²) in [7, 11) is 0. The van der Waals surface area contributed by atoms with Gasteiger partial charge in [0, 0.05) is 22.6 Å². The SMILES string of the molecule is Fc1ccc(CNc2ccc(Br)cc2Cl)c(F)c1. The number of hydrogen-bond acceptors (Lipinski definition) is 1. The predicted octanol–water partition coefficient (Wildman–Crippen LogP) is 4.99. The summed E-state index contributed by atoms with van der Waals surface area (Å²) in [5, 5.41) is 3.54. The maximum Gasteiger partial charge on any atom is 0.131 e. The number of halogens is 4. The lowest BCUT2D eigenvalue weighted by Crippen LogP contribution is -2.02. The third-order valence-electron chi connectivity index (χ3n) is 2.42. The molecule has 0 aliphatic rings. The van der Waals surface area contributed by atoms with Crippen LogP contribution in [0.5, 0.6) is 0 Å². The van der Waals surface area contributed by atoms with Crippen LogP contribution in [0, 0.1) is 11.6 Å². The molecule has 5 heteroatoms. The first-order chi connectivity index (χ1) is 8.56. The predicted molar refractivity (Wildman–Crippen MR) is 72.8 cm³/mol. The van der Waals surface area contributed by atoms with Gasteiger partial charge in [-0.15, -0.1) is 0 Å². The van der Waals surface area contributed by atoms with Crippen molar-refractivity contribution in [2.75, 3.05) is 5.32 Å². The van der Waals surface area contributed by atoms with E-state index in [4.69, 9.17) is 11.6 Å². The fraction of sp³-hybridized carbons (Fsp3) is 0.0769. The van der Waals surface area contributed by atoms with Gasteiger partial charge in [-0.05, 0) is 24.3 Å². The molecule has 0 atom stereocenters. The molecule has 1 nitrogen and oxygen atoms in total. The van der Waals surface area contributed by atoms with E-state index in [1.807, 2.05) is 6.07 Å². The average Bonchev–Trinajstić information content (AvgIpc) is 2.30. The van der Waals surface area contributed by atoms with E-state index in [1.165, 1.54) is 12.1 Å². The molecule has 0 spiro atoms. The van der Waals surface area contributed by atoms with Crippen LogP contribution >= 0.6 is 27.5 Å². The van der Waals surface area contributed by atoms with Crippen molar-refractivity contribution in [2.45, 2.75) is 6.54 Å². The third kappa shape index (κ3) is 3.21. The molecule has 0 heterocycles. The minimum Gasteiger partial charge on any atom is -0.380 e. The van der Waals surface area contributed by atoms with E-state index in [0.717, 1.165) is 10.5 Å². The van der Waals surface area contributed by atoms with Crippen molar-refractivity contribution in [1.82, 2.24) is 0 Å². The Morgan fingerprint density at radius 3 is 2.56 bits per heavy atom. The molecule has 0 saturated carbocycles. The molecule has 18 heavy (non-hydrogen) atoms. The lowest BCUT2D eigenvalue weighted by atomic mass is 10.2. The third-order valence-corrected chi connectivity index (χ3v) is 3.22. The highest BCUT2D eigenvalue weighted by atomic mass is 79.9. The number of anilines is 1. The number of hydrogen-bond donors (Lipinski definition) is 1. The molecule has 0 aliphatic heterocycles. The maximum absolute atomic E-state index is 13.4. The minimum atomic E-state index is -0.585. The van der Waals surface area contributed by atoms with Gasteiger partial charge in [-0.2, -0.15) is 0 Å². The van der Waals surface area contributed by atoms with Gasteiger partial charge in [0.05, 0.1) is 10.7 Å². The number of rotatable bonds is 3. The van der Waals surface area contributed by atoms with Gasteiger partial charge >= 0.3 is 0 Å². The van der Waals surface area contributed by atoms with Crippen LogP contribution in [0.25, 0.3) is 0 Å². The Kier molecular flexibility index (Phi) is 4.19. The molecule has 0 aromatic heterocycles. The van der Waals surface area contributed by atoms with Crippen molar-refractivity contribution in [3.05, 3.63) is 63.1 Å². The zero-order valence-corrected chi connectivity index (χ0v) is 11.5. The van der Waals surface area contributed by atoms with Gasteiger partial charge in [-0.1, -0.05) is 33.6 Å². The molecule has 0 radical (unpaired) electrons. The summed E-state index contributed by atoms with van der Waals surface area (Å²) in [5.74, 6) is -1.16.